The van der Waals surface area contributed by atoms with E-state index in [9.17, 15) is 13.2 Å². The first-order valence-electron chi connectivity index (χ1n) is 8.58. The van der Waals surface area contributed by atoms with Gasteiger partial charge in [-0.3, -0.25) is 4.79 Å². The topological polar surface area (TPSA) is 90.3 Å². The molecule has 1 atom stereocenters. The van der Waals surface area contributed by atoms with E-state index < -0.39 is 10.0 Å². The Morgan fingerprint density at radius 2 is 1.92 bits per heavy atom. The van der Waals surface area contributed by atoms with Gasteiger partial charge in [0.15, 0.2) is 0 Å². The standard InChI is InChI=1S/C18H27N3O3S/c1-4-6-7-15(5-2)13-20-18(22)14-21(3)25(23,24)17-10-8-16(12-19)9-11-17/h8-11,15H,4-7,13-14H2,1-3H3,(H,20,22). The molecule has 0 radical (unpaired) electrons. The van der Waals surface area contributed by atoms with Crippen LogP contribution in [-0.4, -0.2) is 38.8 Å². The minimum Gasteiger partial charge on any atom is -0.355 e. The minimum atomic E-state index is -3.75. The summed E-state index contributed by atoms with van der Waals surface area (Å²) in [6, 6.07) is 7.58. The Bertz CT molecular complexity index is 693. The van der Waals surface area contributed by atoms with Gasteiger partial charge < -0.3 is 5.32 Å². The van der Waals surface area contributed by atoms with Crippen molar-refractivity contribution in [3.8, 4) is 6.07 Å². The number of amides is 1. The molecule has 25 heavy (non-hydrogen) atoms. The van der Waals surface area contributed by atoms with E-state index in [0.29, 0.717) is 18.0 Å². The van der Waals surface area contributed by atoms with Gasteiger partial charge in [0, 0.05) is 13.6 Å². The molecule has 0 saturated carbocycles. The molecule has 1 aromatic rings. The molecule has 1 unspecified atom stereocenters. The molecule has 0 heterocycles. The lowest BCUT2D eigenvalue weighted by Crippen LogP contribution is -2.40. The van der Waals surface area contributed by atoms with Crippen molar-refractivity contribution >= 4 is 15.9 Å². The van der Waals surface area contributed by atoms with Gasteiger partial charge in [-0.2, -0.15) is 9.57 Å². The Balaban J connectivity index is 2.62. The molecular weight excluding hydrogens is 338 g/mol. The number of nitrogens with zero attached hydrogens (tertiary/aromatic N) is 2. The van der Waals surface area contributed by atoms with Gasteiger partial charge in [-0.05, 0) is 36.6 Å². The molecule has 0 saturated heterocycles. The number of hydrogen-bond acceptors (Lipinski definition) is 4. The summed E-state index contributed by atoms with van der Waals surface area (Å²) in [7, 11) is -2.38. The monoisotopic (exact) mass is 365 g/mol. The van der Waals surface area contributed by atoms with Crippen LogP contribution >= 0.6 is 0 Å². The highest BCUT2D eigenvalue weighted by molar-refractivity contribution is 7.89. The van der Waals surface area contributed by atoms with Crippen molar-refractivity contribution in [2.45, 2.75) is 44.4 Å². The summed E-state index contributed by atoms with van der Waals surface area (Å²) in [4.78, 5) is 12.1. The molecule has 1 amide bonds. The maximum Gasteiger partial charge on any atom is 0.243 e. The fourth-order valence-corrected chi connectivity index (χ4v) is 3.55. The van der Waals surface area contributed by atoms with Crippen molar-refractivity contribution in [2.75, 3.05) is 20.1 Å². The number of unbranched alkanes of at least 4 members (excludes halogenated alkanes) is 1. The number of nitrogens with one attached hydrogen (secondary N) is 1. The van der Waals surface area contributed by atoms with E-state index in [1.54, 1.807) is 0 Å². The SMILES string of the molecule is CCCCC(CC)CNC(=O)CN(C)S(=O)(=O)c1ccc(C#N)cc1. The lowest BCUT2D eigenvalue weighted by molar-refractivity contribution is -0.121. The first-order chi connectivity index (χ1) is 11.8. The van der Waals surface area contributed by atoms with Crippen molar-refractivity contribution in [1.29, 1.82) is 5.26 Å². The summed E-state index contributed by atoms with van der Waals surface area (Å²) in [6.45, 7) is 4.56. The van der Waals surface area contributed by atoms with E-state index in [1.165, 1.54) is 31.3 Å². The second-order valence-corrected chi connectivity index (χ2v) is 8.16. The van der Waals surface area contributed by atoms with Crippen molar-refractivity contribution in [3.05, 3.63) is 29.8 Å². The van der Waals surface area contributed by atoms with Gasteiger partial charge >= 0.3 is 0 Å². The summed E-state index contributed by atoms with van der Waals surface area (Å²) < 4.78 is 26.0. The number of benzene rings is 1. The highest BCUT2D eigenvalue weighted by Gasteiger charge is 2.23. The summed E-state index contributed by atoms with van der Waals surface area (Å²) >= 11 is 0. The Hall–Kier alpha value is -1.91. The summed E-state index contributed by atoms with van der Waals surface area (Å²) in [5, 5.41) is 11.6. The van der Waals surface area contributed by atoms with E-state index in [2.05, 4.69) is 19.2 Å². The van der Waals surface area contributed by atoms with Crippen LogP contribution < -0.4 is 5.32 Å². The lowest BCUT2D eigenvalue weighted by atomic mass is 9.99. The van der Waals surface area contributed by atoms with Crippen LogP contribution in [0, 0.1) is 17.2 Å². The first kappa shape index (κ1) is 21.1. The van der Waals surface area contributed by atoms with Gasteiger partial charge in [0.1, 0.15) is 0 Å². The molecule has 0 aliphatic heterocycles. The fourth-order valence-electron chi connectivity index (χ4n) is 2.43. The van der Waals surface area contributed by atoms with Gasteiger partial charge in [0.25, 0.3) is 0 Å². The van der Waals surface area contributed by atoms with Crippen LogP contribution in [0.5, 0.6) is 0 Å². The quantitative estimate of drug-likeness (QED) is 0.690. The smallest absolute Gasteiger partial charge is 0.243 e. The molecule has 0 bridgehead atoms. The van der Waals surface area contributed by atoms with Gasteiger partial charge in [-0.1, -0.05) is 33.1 Å². The third-order valence-electron chi connectivity index (χ3n) is 4.19. The number of likely N-dealkylation sites (N-methyl/N-ethyl adjacent to an activating group) is 1. The molecular formula is C18H27N3O3S. The summed E-state index contributed by atoms with van der Waals surface area (Å²) in [6.07, 6.45) is 4.30. The average Bonchev–Trinajstić information content (AvgIpc) is 2.61. The molecule has 6 nitrogen and oxygen atoms in total. The van der Waals surface area contributed by atoms with Gasteiger partial charge in [-0.15, -0.1) is 0 Å². The summed E-state index contributed by atoms with van der Waals surface area (Å²) in [5.74, 6) is 0.110. The van der Waals surface area contributed by atoms with Crippen LogP contribution in [0.1, 0.15) is 45.1 Å². The molecule has 0 aliphatic carbocycles. The van der Waals surface area contributed by atoms with Crippen molar-refractivity contribution < 1.29 is 13.2 Å². The zero-order chi connectivity index (χ0) is 18.9. The fraction of sp³-hybridized carbons (Fsp3) is 0.556. The molecule has 1 rings (SSSR count). The summed E-state index contributed by atoms with van der Waals surface area (Å²) in [5.41, 5.74) is 0.386. The van der Waals surface area contributed by atoms with Crippen molar-refractivity contribution in [3.63, 3.8) is 0 Å². The van der Waals surface area contributed by atoms with Crippen molar-refractivity contribution in [2.24, 2.45) is 5.92 Å². The van der Waals surface area contributed by atoms with Gasteiger partial charge in [-0.25, -0.2) is 8.42 Å². The molecule has 7 heteroatoms. The number of hydrogen-bond donors (Lipinski definition) is 1. The number of carbonyl (C=O) groups is 1. The average molecular weight is 365 g/mol. The Morgan fingerprint density at radius 3 is 2.44 bits per heavy atom. The Morgan fingerprint density at radius 1 is 1.28 bits per heavy atom. The molecule has 0 aliphatic rings. The Labute approximate surface area is 150 Å². The van der Waals surface area contributed by atoms with Crippen LogP contribution in [0.2, 0.25) is 0 Å². The van der Waals surface area contributed by atoms with Gasteiger partial charge in [0.05, 0.1) is 23.1 Å². The van der Waals surface area contributed by atoms with Crippen LogP contribution in [-0.2, 0) is 14.8 Å². The third kappa shape index (κ3) is 6.48. The van der Waals surface area contributed by atoms with Crippen molar-refractivity contribution in [1.82, 2.24) is 9.62 Å². The third-order valence-corrected chi connectivity index (χ3v) is 6.01. The van der Waals surface area contributed by atoms with E-state index in [1.807, 2.05) is 6.07 Å². The molecule has 1 aromatic carbocycles. The normalized spacial score (nSPS) is 12.6. The molecule has 0 spiro atoms. The van der Waals surface area contributed by atoms with Crippen LogP contribution in [0.3, 0.4) is 0 Å². The zero-order valence-corrected chi connectivity index (χ0v) is 16.0. The number of nitriles is 1. The second-order valence-electron chi connectivity index (χ2n) is 6.12. The Kier molecular flexibility index (Phi) is 8.59. The molecule has 0 aromatic heterocycles. The van der Waals surface area contributed by atoms with Crippen LogP contribution in [0.4, 0.5) is 0 Å². The highest BCUT2D eigenvalue weighted by Crippen LogP contribution is 2.15. The molecule has 0 fully saturated rings. The van der Waals surface area contributed by atoms with Crippen LogP contribution in [0.15, 0.2) is 29.2 Å². The first-order valence-corrected chi connectivity index (χ1v) is 10.0. The predicted molar refractivity (Wildman–Crippen MR) is 97.3 cm³/mol. The predicted octanol–water partition coefficient (Wildman–Crippen LogP) is 2.51. The molecule has 138 valence electrons. The highest BCUT2D eigenvalue weighted by atomic mass is 32.2. The van der Waals surface area contributed by atoms with E-state index in [0.717, 1.165) is 30.0 Å². The van der Waals surface area contributed by atoms with Crippen LogP contribution in [0.25, 0.3) is 0 Å². The number of carbonyl (C=O) groups excluding carboxylic acids is 1. The zero-order valence-electron chi connectivity index (χ0n) is 15.2. The largest absolute Gasteiger partial charge is 0.355 e. The maximum atomic E-state index is 12.5. The number of sulfonamides is 1. The lowest BCUT2D eigenvalue weighted by Gasteiger charge is -2.19. The van der Waals surface area contributed by atoms with E-state index >= 15 is 0 Å². The maximum absolute atomic E-state index is 12.5. The number of rotatable bonds is 10. The second kappa shape index (κ2) is 10.2. The van der Waals surface area contributed by atoms with E-state index in [4.69, 9.17) is 5.26 Å². The van der Waals surface area contributed by atoms with Gasteiger partial charge in [0.2, 0.25) is 15.9 Å². The minimum absolute atomic E-state index is 0.0659. The molecule has 1 N–H and O–H groups in total. The van der Waals surface area contributed by atoms with E-state index in [-0.39, 0.29) is 17.3 Å².